The Morgan fingerprint density at radius 3 is 2.68 bits per heavy atom. The van der Waals surface area contributed by atoms with Crippen molar-refractivity contribution in [2.75, 3.05) is 13.6 Å². The third-order valence-electron chi connectivity index (χ3n) is 2.15. The highest BCUT2D eigenvalue weighted by molar-refractivity contribution is 7.09. The molecule has 1 unspecified atom stereocenters. The maximum atomic E-state index is 11.4. The Bertz CT molecular complexity index is 488. The van der Waals surface area contributed by atoms with E-state index in [1.807, 2.05) is 0 Å². The molecule has 0 bridgehead atoms. The number of carboxylic acids is 1. The molecule has 1 aromatic heterocycles. The van der Waals surface area contributed by atoms with Crippen molar-refractivity contribution in [1.82, 2.24) is 20.9 Å². The topological polar surface area (TPSA) is 120 Å². The highest BCUT2D eigenvalue weighted by atomic mass is 32.1. The monoisotopic (exact) mass is 286 g/mol. The number of thiazole rings is 1. The van der Waals surface area contributed by atoms with Crippen LogP contribution in [-0.4, -0.2) is 41.6 Å². The van der Waals surface area contributed by atoms with Crippen LogP contribution < -0.4 is 16.0 Å². The molecule has 3 amide bonds. The number of aromatic carboxylic acids is 1. The Morgan fingerprint density at radius 1 is 1.47 bits per heavy atom. The molecule has 19 heavy (non-hydrogen) atoms. The molecule has 0 fully saturated rings. The Balaban J connectivity index is 2.49. The lowest BCUT2D eigenvalue weighted by molar-refractivity contribution is -0.119. The molecule has 1 heterocycles. The largest absolute Gasteiger partial charge is 0.476 e. The molecule has 0 aliphatic rings. The van der Waals surface area contributed by atoms with E-state index in [0.29, 0.717) is 5.01 Å². The van der Waals surface area contributed by atoms with Crippen LogP contribution in [0.4, 0.5) is 4.79 Å². The number of carbonyl (C=O) groups excluding carboxylic acids is 2. The van der Waals surface area contributed by atoms with Crippen molar-refractivity contribution < 1.29 is 19.5 Å². The number of hydrogen-bond donors (Lipinski definition) is 4. The molecule has 1 aromatic rings. The van der Waals surface area contributed by atoms with Crippen LogP contribution in [0.15, 0.2) is 5.38 Å². The lowest BCUT2D eigenvalue weighted by Crippen LogP contribution is -2.42. The molecular weight excluding hydrogens is 272 g/mol. The third-order valence-corrected chi connectivity index (χ3v) is 3.17. The Hall–Kier alpha value is -2.16. The molecule has 0 aliphatic heterocycles. The van der Waals surface area contributed by atoms with Gasteiger partial charge in [-0.05, 0) is 6.92 Å². The van der Waals surface area contributed by atoms with Crippen LogP contribution in [0.2, 0.25) is 0 Å². The summed E-state index contributed by atoms with van der Waals surface area (Å²) in [7, 11) is 1.47. The van der Waals surface area contributed by atoms with Gasteiger partial charge >= 0.3 is 12.0 Å². The first kappa shape index (κ1) is 14.9. The van der Waals surface area contributed by atoms with Crippen molar-refractivity contribution >= 4 is 29.2 Å². The van der Waals surface area contributed by atoms with E-state index in [1.165, 1.54) is 12.4 Å². The van der Waals surface area contributed by atoms with Crippen LogP contribution in [-0.2, 0) is 4.79 Å². The molecule has 0 saturated heterocycles. The first-order valence-corrected chi connectivity index (χ1v) is 6.25. The lowest BCUT2D eigenvalue weighted by atomic mass is 10.3. The van der Waals surface area contributed by atoms with Gasteiger partial charge < -0.3 is 21.1 Å². The van der Waals surface area contributed by atoms with Crippen LogP contribution in [0.25, 0.3) is 0 Å². The minimum absolute atomic E-state index is 0.0561. The molecule has 4 N–H and O–H groups in total. The molecule has 0 spiro atoms. The fourth-order valence-electron chi connectivity index (χ4n) is 1.14. The summed E-state index contributed by atoms with van der Waals surface area (Å²) < 4.78 is 0. The van der Waals surface area contributed by atoms with E-state index in [2.05, 4.69) is 20.9 Å². The molecule has 8 nitrogen and oxygen atoms in total. The second kappa shape index (κ2) is 6.69. The molecule has 0 saturated carbocycles. The summed E-state index contributed by atoms with van der Waals surface area (Å²) in [5.41, 5.74) is -0.0561. The predicted octanol–water partition coefficient (Wildman–Crippen LogP) is -0.0525. The smallest absolute Gasteiger partial charge is 0.355 e. The van der Waals surface area contributed by atoms with E-state index < -0.39 is 18.0 Å². The summed E-state index contributed by atoms with van der Waals surface area (Å²) in [5.74, 6) is -1.43. The van der Waals surface area contributed by atoms with E-state index in [1.54, 1.807) is 6.92 Å². The summed E-state index contributed by atoms with van der Waals surface area (Å²) in [6.07, 6.45) is 0. The highest BCUT2D eigenvalue weighted by Gasteiger charge is 2.16. The molecule has 1 rings (SSSR count). The van der Waals surface area contributed by atoms with Crippen molar-refractivity contribution in [2.45, 2.75) is 13.0 Å². The zero-order valence-corrected chi connectivity index (χ0v) is 11.2. The molecule has 0 radical (unpaired) electrons. The zero-order chi connectivity index (χ0) is 14.4. The minimum atomic E-state index is -1.11. The van der Waals surface area contributed by atoms with Crippen LogP contribution in [0.5, 0.6) is 0 Å². The van der Waals surface area contributed by atoms with E-state index >= 15 is 0 Å². The van der Waals surface area contributed by atoms with E-state index in [-0.39, 0.29) is 18.1 Å². The van der Waals surface area contributed by atoms with Crippen molar-refractivity contribution in [2.24, 2.45) is 0 Å². The number of nitrogens with zero attached hydrogens (tertiary/aromatic N) is 1. The van der Waals surface area contributed by atoms with Gasteiger partial charge in [0.2, 0.25) is 5.91 Å². The van der Waals surface area contributed by atoms with Gasteiger partial charge in [0.25, 0.3) is 0 Å². The second-order valence-corrected chi connectivity index (χ2v) is 4.49. The Morgan fingerprint density at radius 2 is 2.16 bits per heavy atom. The summed E-state index contributed by atoms with van der Waals surface area (Å²) in [5, 5.41) is 17.9. The van der Waals surface area contributed by atoms with Gasteiger partial charge in [-0.1, -0.05) is 0 Å². The summed E-state index contributed by atoms with van der Waals surface area (Å²) in [6.45, 7) is 1.54. The number of rotatable bonds is 5. The average Bonchev–Trinajstić information content (AvgIpc) is 2.85. The predicted molar refractivity (Wildman–Crippen MR) is 68.1 cm³/mol. The molecule has 104 valence electrons. The highest BCUT2D eigenvalue weighted by Crippen LogP contribution is 2.17. The normalized spacial score (nSPS) is 11.5. The van der Waals surface area contributed by atoms with Crippen molar-refractivity contribution in [1.29, 1.82) is 0 Å². The molecule has 0 aliphatic carbocycles. The van der Waals surface area contributed by atoms with Gasteiger partial charge in [-0.25, -0.2) is 14.6 Å². The van der Waals surface area contributed by atoms with Gasteiger partial charge in [0.15, 0.2) is 5.69 Å². The van der Waals surface area contributed by atoms with Gasteiger partial charge in [-0.15, -0.1) is 11.3 Å². The second-order valence-electron chi connectivity index (χ2n) is 3.60. The molecule has 1 atom stereocenters. The number of aromatic nitrogens is 1. The quantitative estimate of drug-likeness (QED) is 0.604. The number of hydrogen-bond acceptors (Lipinski definition) is 5. The first-order valence-electron chi connectivity index (χ1n) is 5.37. The van der Waals surface area contributed by atoms with Gasteiger partial charge in [-0.2, -0.15) is 0 Å². The number of nitrogens with one attached hydrogen (secondary N) is 3. The Kier molecular flexibility index (Phi) is 5.24. The van der Waals surface area contributed by atoms with Gasteiger partial charge in [0.05, 0.1) is 12.6 Å². The van der Waals surface area contributed by atoms with Gasteiger partial charge in [-0.3, -0.25) is 4.79 Å². The minimum Gasteiger partial charge on any atom is -0.476 e. The van der Waals surface area contributed by atoms with Gasteiger partial charge in [0.1, 0.15) is 5.01 Å². The van der Waals surface area contributed by atoms with Crippen molar-refractivity contribution in [3.8, 4) is 0 Å². The molecule has 0 aromatic carbocycles. The fraction of sp³-hybridized carbons (Fsp3) is 0.400. The zero-order valence-electron chi connectivity index (χ0n) is 10.4. The van der Waals surface area contributed by atoms with Crippen molar-refractivity contribution in [3.05, 3.63) is 16.1 Å². The van der Waals surface area contributed by atoms with Crippen LogP contribution in [0.1, 0.15) is 28.5 Å². The maximum Gasteiger partial charge on any atom is 0.355 e. The third kappa shape index (κ3) is 4.54. The van der Waals surface area contributed by atoms with Gasteiger partial charge in [0, 0.05) is 12.4 Å². The number of likely N-dealkylation sites (N-methyl/N-ethyl adjacent to an activating group) is 1. The summed E-state index contributed by atoms with van der Waals surface area (Å²) >= 11 is 1.14. The van der Waals surface area contributed by atoms with Crippen LogP contribution in [0.3, 0.4) is 0 Å². The van der Waals surface area contributed by atoms with E-state index in [0.717, 1.165) is 11.3 Å². The van der Waals surface area contributed by atoms with Crippen molar-refractivity contribution in [3.63, 3.8) is 0 Å². The number of carbonyl (C=O) groups is 3. The summed E-state index contributed by atoms with van der Waals surface area (Å²) in [4.78, 5) is 36.9. The van der Waals surface area contributed by atoms with Crippen LogP contribution in [0, 0.1) is 0 Å². The standard InChI is InChI=1S/C10H14N4O4S/c1-5(8-14-6(4-19-8)9(16)17)13-10(18)12-3-7(15)11-2/h4-5H,3H2,1-2H3,(H,11,15)(H,16,17)(H2,12,13,18). The average molecular weight is 286 g/mol. The SMILES string of the molecule is CNC(=O)CNC(=O)NC(C)c1nc(C(=O)O)cs1. The number of amides is 3. The van der Waals surface area contributed by atoms with Crippen LogP contribution >= 0.6 is 11.3 Å². The number of carboxylic acid groups (broad SMARTS) is 1. The summed E-state index contributed by atoms with van der Waals surface area (Å²) in [6, 6.07) is -0.967. The molecular formula is C10H14N4O4S. The lowest BCUT2D eigenvalue weighted by Gasteiger charge is -2.11. The van der Waals surface area contributed by atoms with E-state index in [4.69, 9.17) is 5.11 Å². The first-order chi connectivity index (χ1) is 8.93. The maximum absolute atomic E-state index is 11.4. The fourth-order valence-corrected chi connectivity index (χ4v) is 1.94. The number of urea groups is 1. The Labute approximate surface area is 113 Å². The van der Waals surface area contributed by atoms with E-state index in [9.17, 15) is 14.4 Å². The molecule has 9 heteroatoms.